The van der Waals surface area contributed by atoms with Crippen LogP contribution in [0.3, 0.4) is 0 Å². The summed E-state index contributed by atoms with van der Waals surface area (Å²) in [6, 6.07) is 11.7. The molecule has 0 heterocycles. The Labute approximate surface area is 163 Å². The summed E-state index contributed by atoms with van der Waals surface area (Å²) in [5, 5.41) is 6.69. The maximum Gasteiger partial charge on any atom is 0.252 e. The first kappa shape index (κ1) is 20.3. The van der Waals surface area contributed by atoms with Gasteiger partial charge < -0.3 is 10.6 Å². The van der Waals surface area contributed by atoms with Gasteiger partial charge in [-0.3, -0.25) is 9.59 Å². The average molecular weight is 393 g/mol. The van der Waals surface area contributed by atoms with Gasteiger partial charge in [0.15, 0.2) is 0 Å². The Morgan fingerprint density at radius 1 is 1.08 bits per heavy atom. The Morgan fingerprint density at radius 2 is 1.77 bits per heavy atom. The van der Waals surface area contributed by atoms with Crippen molar-refractivity contribution in [2.24, 2.45) is 5.92 Å². The van der Waals surface area contributed by atoms with Gasteiger partial charge in [0, 0.05) is 22.2 Å². The van der Waals surface area contributed by atoms with Crippen molar-refractivity contribution in [3.8, 4) is 0 Å². The number of aryl methyl sites for hydroxylation is 1. The van der Waals surface area contributed by atoms with Gasteiger partial charge in [0.25, 0.3) is 5.91 Å². The Bertz CT molecular complexity index is 806. The molecule has 138 valence electrons. The smallest absolute Gasteiger partial charge is 0.252 e. The number of benzene rings is 2. The van der Waals surface area contributed by atoms with Gasteiger partial charge in [-0.1, -0.05) is 61.3 Å². The van der Waals surface area contributed by atoms with Gasteiger partial charge >= 0.3 is 0 Å². The Morgan fingerprint density at radius 3 is 2.38 bits per heavy atom. The van der Waals surface area contributed by atoms with Crippen LogP contribution < -0.4 is 10.6 Å². The lowest BCUT2D eigenvalue weighted by Gasteiger charge is -2.22. The number of hydrogen-bond acceptors (Lipinski definition) is 2. The van der Waals surface area contributed by atoms with E-state index in [0.29, 0.717) is 15.6 Å². The van der Waals surface area contributed by atoms with Gasteiger partial charge in [0.1, 0.15) is 6.04 Å². The zero-order valence-electron chi connectivity index (χ0n) is 15.0. The van der Waals surface area contributed by atoms with Gasteiger partial charge in [0.2, 0.25) is 5.91 Å². The molecule has 0 fully saturated rings. The molecule has 0 aliphatic heterocycles. The number of carbonyl (C=O) groups is 2. The lowest BCUT2D eigenvalue weighted by Crippen LogP contribution is -2.49. The van der Waals surface area contributed by atoms with Crippen LogP contribution in [0.1, 0.15) is 35.3 Å². The monoisotopic (exact) mass is 392 g/mol. The largest absolute Gasteiger partial charge is 0.350 e. The predicted molar refractivity (Wildman–Crippen MR) is 106 cm³/mol. The molecule has 0 unspecified atom stereocenters. The quantitative estimate of drug-likeness (QED) is 0.766. The van der Waals surface area contributed by atoms with E-state index in [2.05, 4.69) is 10.6 Å². The summed E-state index contributed by atoms with van der Waals surface area (Å²) < 4.78 is 0. The standard InChI is InChI=1S/C20H22Cl2N2O2/c1-12(2)18(24-19(25)16-7-5-4-6-13(16)3)20(26)23-11-14-8-9-15(21)10-17(14)22/h4-10,12,18H,11H2,1-3H3,(H,23,26)(H,24,25)/t18-/m0/s1. The minimum atomic E-state index is -0.645. The Kier molecular flexibility index (Phi) is 7.06. The van der Waals surface area contributed by atoms with Crippen molar-refractivity contribution in [2.45, 2.75) is 33.4 Å². The van der Waals surface area contributed by atoms with Crippen molar-refractivity contribution >= 4 is 35.0 Å². The minimum absolute atomic E-state index is 0.0661. The van der Waals surface area contributed by atoms with E-state index in [4.69, 9.17) is 23.2 Å². The molecule has 0 spiro atoms. The van der Waals surface area contributed by atoms with Gasteiger partial charge in [-0.2, -0.15) is 0 Å². The van der Waals surface area contributed by atoms with Crippen molar-refractivity contribution in [3.63, 3.8) is 0 Å². The van der Waals surface area contributed by atoms with E-state index in [9.17, 15) is 9.59 Å². The molecule has 0 saturated heterocycles. The molecule has 0 aliphatic rings. The highest BCUT2D eigenvalue weighted by molar-refractivity contribution is 6.35. The van der Waals surface area contributed by atoms with Crippen LogP contribution in [0.4, 0.5) is 0 Å². The number of nitrogens with one attached hydrogen (secondary N) is 2. The lowest BCUT2D eigenvalue weighted by molar-refractivity contribution is -0.124. The molecular formula is C20H22Cl2N2O2. The summed E-state index contributed by atoms with van der Waals surface area (Å²) in [4.78, 5) is 25.1. The molecule has 0 radical (unpaired) electrons. The summed E-state index contributed by atoms with van der Waals surface area (Å²) >= 11 is 12.0. The predicted octanol–water partition coefficient (Wildman–Crippen LogP) is 4.37. The molecule has 0 bridgehead atoms. The molecule has 0 saturated carbocycles. The third kappa shape index (κ3) is 5.23. The van der Waals surface area contributed by atoms with Crippen molar-refractivity contribution in [1.29, 1.82) is 0 Å². The second-order valence-electron chi connectivity index (χ2n) is 6.46. The molecular weight excluding hydrogens is 371 g/mol. The first-order chi connectivity index (χ1) is 12.3. The van der Waals surface area contributed by atoms with Crippen LogP contribution in [0.15, 0.2) is 42.5 Å². The Hall–Kier alpha value is -2.04. The van der Waals surface area contributed by atoms with Crippen LogP contribution in [-0.2, 0) is 11.3 Å². The number of rotatable bonds is 6. The van der Waals surface area contributed by atoms with Crippen LogP contribution in [0, 0.1) is 12.8 Å². The average Bonchev–Trinajstić information content (AvgIpc) is 2.58. The molecule has 2 aromatic carbocycles. The summed E-state index contributed by atoms with van der Waals surface area (Å²) in [5.74, 6) is -0.585. The van der Waals surface area contributed by atoms with E-state index in [0.717, 1.165) is 11.1 Å². The second-order valence-corrected chi connectivity index (χ2v) is 7.31. The minimum Gasteiger partial charge on any atom is -0.350 e. The zero-order valence-corrected chi connectivity index (χ0v) is 16.5. The van der Waals surface area contributed by atoms with Gasteiger partial charge in [0.05, 0.1) is 0 Å². The van der Waals surface area contributed by atoms with Crippen molar-refractivity contribution in [3.05, 3.63) is 69.2 Å². The van der Waals surface area contributed by atoms with Crippen molar-refractivity contribution < 1.29 is 9.59 Å². The van der Waals surface area contributed by atoms with Gasteiger partial charge in [-0.05, 0) is 42.2 Å². The SMILES string of the molecule is Cc1ccccc1C(=O)N[C@H](C(=O)NCc1ccc(Cl)cc1Cl)C(C)C. The summed E-state index contributed by atoms with van der Waals surface area (Å²) in [6.07, 6.45) is 0. The number of carbonyl (C=O) groups excluding carboxylic acids is 2. The molecule has 4 nitrogen and oxygen atoms in total. The molecule has 2 rings (SSSR count). The topological polar surface area (TPSA) is 58.2 Å². The first-order valence-electron chi connectivity index (χ1n) is 8.37. The van der Waals surface area contributed by atoms with Crippen LogP contribution in [0.5, 0.6) is 0 Å². The molecule has 0 aromatic heterocycles. The summed E-state index contributed by atoms with van der Waals surface area (Å²) in [5.41, 5.74) is 2.18. The fraction of sp³-hybridized carbons (Fsp3) is 0.300. The highest BCUT2D eigenvalue weighted by atomic mass is 35.5. The maximum absolute atomic E-state index is 12.6. The number of halogens is 2. The second kappa shape index (κ2) is 9.06. The molecule has 2 aromatic rings. The van der Waals surface area contributed by atoms with Gasteiger partial charge in [-0.25, -0.2) is 0 Å². The van der Waals surface area contributed by atoms with E-state index in [1.807, 2.05) is 32.9 Å². The van der Waals surface area contributed by atoms with Gasteiger partial charge in [-0.15, -0.1) is 0 Å². The molecule has 26 heavy (non-hydrogen) atoms. The van der Waals surface area contributed by atoms with E-state index in [-0.39, 0.29) is 24.3 Å². The van der Waals surface area contributed by atoms with Crippen molar-refractivity contribution in [2.75, 3.05) is 0 Å². The van der Waals surface area contributed by atoms with Crippen LogP contribution in [0.2, 0.25) is 10.0 Å². The summed E-state index contributed by atoms with van der Waals surface area (Å²) in [6.45, 7) is 5.90. The van der Waals surface area contributed by atoms with E-state index >= 15 is 0 Å². The third-order valence-corrected chi connectivity index (χ3v) is 4.68. The molecule has 6 heteroatoms. The summed E-state index contributed by atoms with van der Waals surface area (Å²) in [7, 11) is 0. The first-order valence-corrected chi connectivity index (χ1v) is 9.13. The van der Waals surface area contributed by atoms with Crippen LogP contribution >= 0.6 is 23.2 Å². The Balaban J connectivity index is 2.05. The fourth-order valence-electron chi connectivity index (χ4n) is 2.54. The normalized spacial score (nSPS) is 11.9. The highest BCUT2D eigenvalue weighted by Crippen LogP contribution is 2.20. The lowest BCUT2D eigenvalue weighted by atomic mass is 10.0. The number of amides is 2. The van der Waals surface area contributed by atoms with Crippen LogP contribution in [0.25, 0.3) is 0 Å². The van der Waals surface area contributed by atoms with E-state index < -0.39 is 6.04 Å². The van der Waals surface area contributed by atoms with E-state index in [1.54, 1.807) is 30.3 Å². The zero-order chi connectivity index (χ0) is 19.3. The van der Waals surface area contributed by atoms with Crippen LogP contribution in [-0.4, -0.2) is 17.9 Å². The molecule has 0 aliphatic carbocycles. The number of hydrogen-bond donors (Lipinski definition) is 2. The highest BCUT2D eigenvalue weighted by Gasteiger charge is 2.25. The van der Waals surface area contributed by atoms with E-state index in [1.165, 1.54) is 0 Å². The maximum atomic E-state index is 12.6. The fourth-order valence-corrected chi connectivity index (χ4v) is 3.01. The third-order valence-electron chi connectivity index (χ3n) is 4.09. The van der Waals surface area contributed by atoms with Crippen molar-refractivity contribution in [1.82, 2.24) is 10.6 Å². The molecule has 1 atom stereocenters. The molecule has 2 amide bonds. The molecule has 2 N–H and O–H groups in total.